The first-order valence-corrected chi connectivity index (χ1v) is 7.18. The first-order valence-electron chi connectivity index (χ1n) is 7.18. The van der Waals surface area contributed by atoms with E-state index in [1.165, 1.54) is 11.1 Å². The van der Waals surface area contributed by atoms with Gasteiger partial charge < -0.3 is 5.32 Å². The molecule has 2 aromatic carbocycles. The molecule has 3 heteroatoms. The number of aromatic nitrogens is 2. The van der Waals surface area contributed by atoms with E-state index < -0.39 is 0 Å². The molecule has 0 aliphatic rings. The van der Waals surface area contributed by atoms with Crippen LogP contribution < -0.4 is 5.32 Å². The van der Waals surface area contributed by atoms with E-state index in [2.05, 4.69) is 59.8 Å². The summed E-state index contributed by atoms with van der Waals surface area (Å²) in [5.74, 6) is 0. The van der Waals surface area contributed by atoms with E-state index >= 15 is 0 Å². The number of benzene rings is 2. The van der Waals surface area contributed by atoms with Crippen molar-refractivity contribution < 1.29 is 0 Å². The van der Waals surface area contributed by atoms with Crippen molar-refractivity contribution in [1.82, 2.24) is 15.1 Å². The van der Waals surface area contributed by atoms with Gasteiger partial charge in [-0.3, -0.25) is 0 Å². The van der Waals surface area contributed by atoms with Gasteiger partial charge in [0.15, 0.2) is 0 Å². The second kappa shape index (κ2) is 6.37. The van der Waals surface area contributed by atoms with E-state index in [1.54, 1.807) is 0 Å². The number of hydrogen-bond acceptors (Lipinski definition) is 2. The summed E-state index contributed by atoms with van der Waals surface area (Å²) >= 11 is 0. The Kier molecular flexibility index (Phi) is 4.12. The quantitative estimate of drug-likeness (QED) is 0.774. The Labute approximate surface area is 125 Å². The Morgan fingerprint density at radius 1 is 0.905 bits per heavy atom. The topological polar surface area (TPSA) is 29.9 Å². The van der Waals surface area contributed by atoms with Gasteiger partial charge in [0, 0.05) is 19.3 Å². The third kappa shape index (κ3) is 3.38. The lowest BCUT2D eigenvalue weighted by molar-refractivity contribution is 0.667. The van der Waals surface area contributed by atoms with Gasteiger partial charge in [0.1, 0.15) is 0 Å². The second-order valence-electron chi connectivity index (χ2n) is 5.12. The summed E-state index contributed by atoms with van der Waals surface area (Å²) in [6, 6.07) is 20.7. The highest BCUT2D eigenvalue weighted by atomic mass is 15.3. The van der Waals surface area contributed by atoms with Gasteiger partial charge in [0.05, 0.1) is 11.4 Å². The maximum atomic E-state index is 4.59. The third-order valence-electron chi connectivity index (χ3n) is 3.55. The molecule has 0 fully saturated rings. The Balaban J connectivity index is 1.60. The Morgan fingerprint density at radius 3 is 2.48 bits per heavy atom. The van der Waals surface area contributed by atoms with Crippen molar-refractivity contribution in [3.8, 4) is 5.69 Å². The normalized spacial score (nSPS) is 10.7. The van der Waals surface area contributed by atoms with Gasteiger partial charge in [-0.05, 0) is 36.2 Å². The largest absolute Gasteiger partial charge is 0.307 e. The summed E-state index contributed by atoms with van der Waals surface area (Å²) in [7, 11) is 0. The van der Waals surface area contributed by atoms with E-state index in [0.29, 0.717) is 0 Å². The van der Waals surface area contributed by atoms with Crippen LogP contribution in [0.4, 0.5) is 0 Å². The fourth-order valence-corrected chi connectivity index (χ4v) is 2.31. The molecule has 106 valence electrons. The van der Waals surface area contributed by atoms with Gasteiger partial charge in [0.25, 0.3) is 0 Å². The van der Waals surface area contributed by atoms with Crippen molar-refractivity contribution in [2.24, 2.45) is 0 Å². The first-order chi connectivity index (χ1) is 10.3. The lowest BCUT2D eigenvalue weighted by atomic mass is 10.1. The van der Waals surface area contributed by atoms with Crippen LogP contribution >= 0.6 is 0 Å². The summed E-state index contributed by atoms with van der Waals surface area (Å²) in [5, 5.41) is 8.04. The molecule has 1 heterocycles. The third-order valence-corrected chi connectivity index (χ3v) is 3.55. The van der Waals surface area contributed by atoms with E-state index in [-0.39, 0.29) is 0 Å². The molecule has 3 aromatic rings. The minimum atomic E-state index is 0.772. The predicted molar refractivity (Wildman–Crippen MR) is 85.3 cm³/mol. The maximum absolute atomic E-state index is 4.59. The monoisotopic (exact) mass is 277 g/mol. The van der Waals surface area contributed by atoms with Crippen LogP contribution in [0, 0.1) is 6.92 Å². The van der Waals surface area contributed by atoms with E-state index in [1.807, 2.05) is 29.1 Å². The zero-order valence-electron chi connectivity index (χ0n) is 12.2. The van der Waals surface area contributed by atoms with Crippen LogP contribution in [-0.4, -0.2) is 9.78 Å². The molecule has 1 N–H and O–H groups in total. The van der Waals surface area contributed by atoms with Crippen molar-refractivity contribution in [3.63, 3.8) is 0 Å². The Morgan fingerprint density at radius 2 is 1.67 bits per heavy atom. The maximum Gasteiger partial charge on any atom is 0.0766 e. The molecule has 0 radical (unpaired) electrons. The number of hydrogen-bond donors (Lipinski definition) is 1. The number of para-hydroxylation sites is 1. The highest BCUT2D eigenvalue weighted by Gasteiger charge is 2.01. The summed E-state index contributed by atoms with van der Waals surface area (Å²) < 4.78 is 1.91. The zero-order valence-corrected chi connectivity index (χ0v) is 12.2. The molecular weight excluding hydrogens is 258 g/mol. The molecule has 0 spiro atoms. The van der Waals surface area contributed by atoms with Gasteiger partial charge >= 0.3 is 0 Å². The van der Waals surface area contributed by atoms with E-state index in [9.17, 15) is 0 Å². The second-order valence-corrected chi connectivity index (χ2v) is 5.12. The minimum absolute atomic E-state index is 0.772. The number of nitrogens with one attached hydrogen (secondary N) is 1. The van der Waals surface area contributed by atoms with Crippen LogP contribution in [0.2, 0.25) is 0 Å². The number of aryl methyl sites for hydroxylation is 1. The molecule has 0 bridgehead atoms. The lowest BCUT2D eigenvalue weighted by Crippen LogP contribution is -2.14. The molecular formula is C18H19N3. The molecule has 0 amide bonds. The van der Waals surface area contributed by atoms with E-state index in [4.69, 9.17) is 0 Å². The fraction of sp³-hybridized carbons (Fsp3) is 0.167. The molecule has 3 nitrogen and oxygen atoms in total. The van der Waals surface area contributed by atoms with Crippen molar-refractivity contribution in [2.45, 2.75) is 20.0 Å². The average Bonchev–Trinajstić information content (AvgIpc) is 2.99. The zero-order chi connectivity index (χ0) is 14.5. The number of nitrogens with zero attached hydrogens (tertiary/aromatic N) is 2. The fourth-order valence-electron chi connectivity index (χ4n) is 2.31. The molecule has 0 atom stereocenters. The van der Waals surface area contributed by atoms with Crippen molar-refractivity contribution in [1.29, 1.82) is 0 Å². The number of rotatable bonds is 5. The van der Waals surface area contributed by atoms with Gasteiger partial charge in [0.2, 0.25) is 0 Å². The molecule has 1 aromatic heterocycles. The van der Waals surface area contributed by atoms with Crippen LogP contribution in [0.1, 0.15) is 16.8 Å². The van der Waals surface area contributed by atoms with Gasteiger partial charge in [-0.2, -0.15) is 5.10 Å². The van der Waals surface area contributed by atoms with Crippen LogP contribution in [0.3, 0.4) is 0 Å². The summed E-state index contributed by atoms with van der Waals surface area (Å²) in [6.07, 6.45) is 2.00. The average molecular weight is 277 g/mol. The summed E-state index contributed by atoms with van der Waals surface area (Å²) in [4.78, 5) is 0. The lowest BCUT2D eigenvalue weighted by Gasteiger charge is -2.06. The highest BCUT2D eigenvalue weighted by Crippen LogP contribution is 2.08. The van der Waals surface area contributed by atoms with Crippen LogP contribution in [0.5, 0.6) is 0 Å². The molecule has 21 heavy (non-hydrogen) atoms. The van der Waals surface area contributed by atoms with Crippen LogP contribution in [-0.2, 0) is 13.1 Å². The minimum Gasteiger partial charge on any atom is -0.307 e. The van der Waals surface area contributed by atoms with Crippen molar-refractivity contribution in [2.75, 3.05) is 0 Å². The summed E-state index contributed by atoms with van der Waals surface area (Å²) in [5.41, 5.74) is 4.79. The highest BCUT2D eigenvalue weighted by molar-refractivity contribution is 5.30. The molecule has 0 unspecified atom stereocenters. The van der Waals surface area contributed by atoms with Gasteiger partial charge in [-0.1, -0.05) is 42.5 Å². The Bertz CT molecular complexity index is 701. The standard InChI is InChI=1S/C18H19N3/c1-15-7-5-6-8-16(15)13-19-14-17-11-12-21(20-17)18-9-3-2-4-10-18/h2-12,19H,13-14H2,1H3. The smallest absolute Gasteiger partial charge is 0.0766 e. The predicted octanol–water partition coefficient (Wildman–Crippen LogP) is 3.47. The van der Waals surface area contributed by atoms with Gasteiger partial charge in [-0.25, -0.2) is 4.68 Å². The molecule has 0 saturated heterocycles. The van der Waals surface area contributed by atoms with Crippen LogP contribution in [0.15, 0.2) is 66.9 Å². The molecule has 0 aliphatic carbocycles. The van der Waals surface area contributed by atoms with Crippen molar-refractivity contribution >= 4 is 0 Å². The SMILES string of the molecule is Cc1ccccc1CNCc1ccn(-c2ccccc2)n1. The van der Waals surface area contributed by atoms with Crippen LogP contribution in [0.25, 0.3) is 5.69 Å². The molecule has 0 aliphatic heterocycles. The first kappa shape index (κ1) is 13.6. The van der Waals surface area contributed by atoms with E-state index in [0.717, 1.165) is 24.5 Å². The van der Waals surface area contributed by atoms with Crippen molar-refractivity contribution in [3.05, 3.63) is 83.7 Å². The van der Waals surface area contributed by atoms with Gasteiger partial charge in [-0.15, -0.1) is 0 Å². The molecule has 0 saturated carbocycles. The molecule has 3 rings (SSSR count). The summed E-state index contributed by atoms with van der Waals surface area (Å²) in [6.45, 7) is 3.78. The Hall–Kier alpha value is -2.39.